The van der Waals surface area contributed by atoms with Crippen LogP contribution in [-0.4, -0.2) is 50.6 Å². The Labute approximate surface area is 117 Å². The van der Waals surface area contributed by atoms with Crippen LogP contribution in [0.2, 0.25) is 0 Å². The van der Waals surface area contributed by atoms with E-state index in [1.54, 1.807) is 0 Å². The fraction of sp³-hybridized carbons (Fsp3) is 0.625. The third-order valence-corrected chi connectivity index (χ3v) is 4.08. The average molecular weight is 261 g/mol. The molecule has 0 amide bonds. The smallest absolute Gasteiger partial charge is 0.0340 e. The molecule has 0 spiro atoms. The SMILES string of the molecule is CNc1cccc(CN(C)CCC2CCN(C)C2)c1. The molecule has 106 valence electrons. The first-order valence-corrected chi connectivity index (χ1v) is 7.31. The largest absolute Gasteiger partial charge is 0.388 e. The Morgan fingerprint density at radius 2 is 2.26 bits per heavy atom. The first-order chi connectivity index (χ1) is 9.17. The summed E-state index contributed by atoms with van der Waals surface area (Å²) in [6, 6.07) is 8.68. The molecule has 1 aliphatic heterocycles. The zero-order chi connectivity index (χ0) is 13.7. The van der Waals surface area contributed by atoms with Crippen LogP contribution in [0, 0.1) is 5.92 Å². The van der Waals surface area contributed by atoms with Gasteiger partial charge in [0.25, 0.3) is 0 Å². The van der Waals surface area contributed by atoms with Gasteiger partial charge in [0.1, 0.15) is 0 Å². The zero-order valence-corrected chi connectivity index (χ0v) is 12.5. The van der Waals surface area contributed by atoms with Gasteiger partial charge in [-0.15, -0.1) is 0 Å². The van der Waals surface area contributed by atoms with Gasteiger partial charge in [-0.25, -0.2) is 0 Å². The van der Waals surface area contributed by atoms with E-state index < -0.39 is 0 Å². The van der Waals surface area contributed by atoms with Crippen molar-refractivity contribution in [1.29, 1.82) is 0 Å². The van der Waals surface area contributed by atoms with Crippen molar-refractivity contribution in [2.24, 2.45) is 5.92 Å². The molecule has 1 fully saturated rings. The van der Waals surface area contributed by atoms with Gasteiger partial charge >= 0.3 is 0 Å². The van der Waals surface area contributed by atoms with Crippen LogP contribution in [0.1, 0.15) is 18.4 Å². The van der Waals surface area contributed by atoms with E-state index in [0.717, 1.165) is 12.5 Å². The van der Waals surface area contributed by atoms with Crippen molar-refractivity contribution < 1.29 is 0 Å². The molecule has 3 nitrogen and oxygen atoms in total. The van der Waals surface area contributed by atoms with Gasteiger partial charge < -0.3 is 15.1 Å². The molecule has 1 atom stereocenters. The number of rotatable bonds is 6. The second-order valence-electron chi connectivity index (χ2n) is 5.89. The number of hydrogen-bond acceptors (Lipinski definition) is 3. The molecule has 1 aliphatic rings. The second-order valence-corrected chi connectivity index (χ2v) is 5.89. The van der Waals surface area contributed by atoms with Crippen molar-refractivity contribution in [3.05, 3.63) is 29.8 Å². The maximum absolute atomic E-state index is 3.20. The number of nitrogens with one attached hydrogen (secondary N) is 1. The van der Waals surface area contributed by atoms with Crippen LogP contribution in [-0.2, 0) is 6.54 Å². The van der Waals surface area contributed by atoms with E-state index in [0.29, 0.717) is 0 Å². The van der Waals surface area contributed by atoms with Gasteiger partial charge in [-0.1, -0.05) is 12.1 Å². The molecule has 0 aliphatic carbocycles. The highest BCUT2D eigenvalue weighted by Gasteiger charge is 2.19. The van der Waals surface area contributed by atoms with Gasteiger partial charge in [0.2, 0.25) is 0 Å². The molecule has 1 aromatic carbocycles. The summed E-state index contributed by atoms with van der Waals surface area (Å²) in [4.78, 5) is 4.88. The average Bonchev–Trinajstić information content (AvgIpc) is 2.82. The van der Waals surface area contributed by atoms with E-state index in [2.05, 4.69) is 53.5 Å². The summed E-state index contributed by atoms with van der Waals surface area (Å²) in [5, 5.41) is 3.20. The maximum atomic E-state index is 3.20. The fourth-order valence-corrected chi connectivity index (χ4v) is 2.88. The van der Waals surface area contributed by atoms with E-state index in [9.17, 15) is 0 Å². The Morgan fingerprint density at radius 3 is 2.95 bits per heavy atom. The standard InChI is InChI=1S/C16H27N3/c1-17-16-6-4-5-15(11-16)13-19(3)10-8-14-7-9-18(2)12-14/h4-6,11,14,17H,7-10,12-13H2,1-3H3. The van der Waals surface area contributed by atoms with Crippen LogP contribution in [0.15, 0.2) is 24.3 Å². The number of benzene rings is 1. The van der Waals surface area contributed by atoms with Crippen LogP contribution >= 0.6 is 0 Å². The number of likely N-dealkylation sites (tertiary alicyclic amines) is 1. The minimum atomic E-state index is 0.899. The molecule has 0 radical (unpaired) electrons. The van der Waals surface area contributed by atoms with Crippen LogP contribution in [0.4, 0.5) is 5.69 Å². The summed E-state index contributed by atoms with van der Waals surface area (Å²) in [5.74, 6) is 0.899. The summed E-state index contributed by atoms with van der Waals surface area (Å²) in [6.45, 7) is 4.79. The summed E-state index contributed by atoms with van der Waals surface area (Å²) in [7, 11) is 6.43. The predicted molar refractivity (Wildman–Crippen MR) is 82.5 cm³/mol. The molecule has 0 aromatic heterocycles. The van der Waals surface area contributed by atoms with Crippen molar-refractivity contribution in [3.8, 4) is 0 Å². The normalized spacial score (nSPS) is 20.1. The number of nitrogens with zero attached hydrogens (tertiary/aromatic N) is 2. The minimum absolute atomic E-state index is 0.899. The lowest BCUT2D eigenvalue weighted by molar-refractivity contribution is 0.290. The minimum Gasteiger partial charge on any atom is -0.388 e. The molecular formula is C16H27N3. The van der Waals surface area contributed by atoms with Gasteiger partial charge in [-0.2, -0.15) is 0 Å². The lowest BCUT2D eigenvalue weighted by atomic mass is 10.0. The molecule has 1 N–H and O–H groups in total. The predicted octanol–water partition coefficient (Wildman–Crippen LogP) is 2.50. The highest BCUT2D eigenvalue weighted by atomic mass is 15.1. The lowest BCUT2D eigenvalue weighted by Gasteiger charge is -2.19. The third kappa shape index (κ3) is 4.51. The first-order valence-electron chi connectivity index (χ1n) is 7.31. The van der Waals surface area contributed by atoms with Crippen LogP contribution in [0.5, 0.6) is 0 Å². The molecule has 19 heavy (non-hydrogen) atoms. The fourth-order valence-electron chi connectivity index (χ4n) is 2.88. The summed E-state index contributed by atoms with van der Waals surface area (Å²) >= 11 is 0. The molecule has 1 heterocycles. The van der Waals surface area contributed by atoms with Crippen molar-refractivity contribution >= 4 is 5.69 Å². The van der Waals surface area contributed by atoms with Gasteiger partial charge in [0, 0.05) is 25.8 Å². The van der Waals surface area contributed by atoms with E-state index >= 15 is 0 Å². The summed E-state index contributed by atoms with van der Waals surface area (Å²) in [6.07, 6.45) is 2.70. The van der Waals surface area contributed by atoms with E-state index in [-0.39, 0.29) is 0 Å². The van der Waals surface area contributed by atoms with Gasteiger partial charge in [0.05, 0.1) is 0 Å². The molecule has 0 saturated carbocycles. The van der Waals surface area contributed by atoms with E-state index in [1.165, 1.54) is 43.7 Å². The van der Waals surface area contributed by atoms with E-state index in [1.807, 2.05) is 7.05 Å². The molecule has 1 aromatic rings. The zero-order valence-electron chi connectivity index (χ0n) is 12.5. The van der Waals surface area contributed by atoms with Gasteiger partial charge in [-0.05, 0) is 63.6 Å². The number of hydrogen-bond donors (Lipinski definition) is 1. The topological polar surface area (TPSA) is 18.5 Å². The maximum Gasteiger partial charge on any atom is 0.0340 e. The van der Waals surface area contributed by atoms with Crippen LogP contribution in [0.25, 0.3) is 0 Å². The van der Waals surface area contributed by atoms with Gasteiger partial charge in [-0.3, -0.25) is 0 Å². The Bertz CT molecular complexity index is 391. The molecule has 1 unspecified atom stereocenters. The Balaban J connectivity index is 1.75. The van der Waals surface area contributed by atoms with Crippen molar-refractivity contribution in [2.75, 3.05) is 46.1 Å². The second kappa shape index (κ2) is 6.92. The van der Waals surface area contributed by atoms with Gasteiger partial charge in [0.15, 0.2) is 0 Å². The first kappa shape index (κ1) is 14.4. The third-order valence-electron chi connectivity index (χ3n) is 4.08. The quantitative estimate of drug-likeness (QED) is 0.849. The highest BCUT2D eigenvalue weighted by Crippen LogP contribution is 2.18. The van der Waals surface area contributed by atoms with Crippen molar-refractivity contribution in [3.63, 3.8) is 0 Å². The van der Waals surface area contributed by atoms with Crippen molar-refractivity contribution in [1.82, 2.24) is 9.80 Å². The molecule has 3 heteroatoms. The van der Waals surface area contributed by atoms with Crippen LogP contribution < -0.4 is 5.32 Å². The molecule has 2 rings (SSSR count). The lowest BCUT2D eigenvalue weighted by Crippen LogP contribution is -2.22. The van der Waals surface area contributed by atoms with E-state index in [4.69, 9.17) is 0 Å². The Hall–Kier alpha value is -1.06. The molecule has 0 bridgehead atoms. The van der Waals surface area contributed by atoms with Crippen LogP contribution in [0.3, 0.4) is 0 Å². The highest BCUT2D eigenvalue weighted by molar-refractivity contribution is 5.44. The number of anilines is 1. The van der Waals surface area contributed by atoms with Crippen molar-refractivity contribution in [2.45, 2.75) is 19.4 Å². The molecule has 1 saturated heterocycles. The summed E-state index contributed by atoms with van der Waals surface area (Å²) < 4.78 is 0. The monoisotopic (exact) mass is 261 g/mol. The summed E-state index contributed by atoms with van der Waals surface area (Å²) in [5.41, 5.74) is 2.58. The molecular weight excluding hydrogens is 234 g/mol. The Kier molecular flexibility index (Phi) is 5.23. The Morgan fingerprint density at radius 1 is 1.42 bits per heavy atom.